The van der Waals surface area contributed by atoms with Gasteiger partial charge in [-0.1, -0.05) is 0 Å². The Hall–Kier alpha value is -3.75. The number of rotatable bonds is 5. The maximum Gasteiger partial charge on any atom is 0.239 e. The van der Waals surface area contributed by atoms with Crippen molar-refractivity contribution in [3.8, 4) is 45.8 Å². The molecule has 0 amide bonds. The molecule has 0 aliphatic carbocycles. The first-order chi connectivity index (χ1) is 16.6. The summed E-state index contributed by atoms with van der Waals surface area (Å²) in [6, 6.07) is 4.52. The van der Waals surface area contributed by atoms with Gasteiger partial charge in [0.1, 0.15) is 35.4 Å². The van der Waals surface area contributed by atoms with Crippen LogP contribution in [0.2, 0.25) is 0 Å². The Labute approximate surface area is 195 Å². The third kappa shape index (κ3) is 4.05. The van der Waals surface area contributed by atoms with Gasteiger partial charge in [0.25, 0.3) is 0 Å². The second-order valence-electron chi connectivity index (χ2n) is 7.76. The number of phenols is 4. The van der Waals surface area contributed by atoms with Crippen molar-refractivity contribution >= 4 is 11.0 Å². The number of aliphatic hydroxyl groups excluding tert-OH is 4. The van der Waals surface area contributed by atoms with Gasteiger partial charge in [0, 0.05) is 11.6 Å². The van der Waals surface area contributed by atoms with Gasteiger partial charge in [-0.2, -0.15) is 0 Å². The molecule has 2 aromatic carbocycles. The van der Waals surface area contributed by atoms with Crippen LogP contribution in [0.1, 0.15) is 0 Å². The molecule has 1 aliphatic heterocycles. The van der Waals surface area contributed by atoms with E-state index in [0.717, 1.165) is 18.2 Å². The third-order valence-corrected chi connectivity index (χ3v) is 5.59. The number of methoxy groups -OCH3 is 1. The molecule has 1 aliphatic rings. The third-order valence-electron chi connectivity index (χ3n) is 5.59. The summed E-state index contributed by atoms with van der Waals surface area (Å²) in [6.07, 6.45) is -8.55. The zero-order valence-corrected chi connectivity index (χ0v) is 18.0. The molecule has 35 heavy (non-hydrogen) atoms. The van der Waals surface area contributed by atoms with Crippen molar-refractivity contribution in [1.29, 1.82) is 0 Å². The summed E-state index contributed by atoms with van der Waals surface area (Å²) in [5, 5.41) is 79.4. The summed E-state index contributed by atoms with van der Waals surface area (Å²) < 4.78 is 21.5. The SMILES string of the molecule is COc1cc2oc(-c3ccc(O)c(O)c3)c(O[C@@H]3O[C@H](CO)[C@@H](O)[C@H](O)[C@H]3O)c(=O)c2c(O)c1O. The molecule has 0 radical (unpaired) electrons. The van der Waals surface area contributed by atoms with Crippen molar-refractivity contribution in [2.75, 3.05) is 13.7 Å². The van der Waals surface area contributed by atoms with Gasteiger partial charge in [0.2, 0.25) is 23.2 Å². The predicted octanol–water partition coefficient (Wildman–Crippen LogP) is -0.530. The lowest BCUT2D eigenvalue weighted by Crippen LogP contribution is -2.60. The Balaban J connectivity index is 1.95. The minimum Gasteiger partial charge on any atom is -0.504 e. The fraction of sp³-hybridized carbons (Fsp3) is 0.318. The quantitative estimate of drug-likeness (QED) is 0.209. The first-order valence-corrected chi connectivity index (χ1v) is 10.2. The van der Waals surface area contributed by atoms with Crippen LogP contribution in [0.5, 0.6) is 34.5 Å². The highest BCUT2D eigenvalue weighted by atomic mass is 16.7. The average Bonchev–Trinajstić information content (AvgIpc) is 2.84. The lowest BCUT2D eigenvalue weighted by molar-refractivity contribution is -0.277. The predicted molar refractivity (Wildman–Crippen MR) is 116 cm³/mol. The topological polar surface area (TPSA) is 220 Å². The number of benzene rings is 2. The van der Waals surface area contributed by atoms with E-state index < -0.39 is 76.9 Å². The van der Waals surface area contributed by atoms with Crippen molar-refractivity contribution in [3.05, 3.63) is 34.5 Å². The van der Waals surface area contributed by atoms with Gasteiger partial charge in [-0.3, -0.25) is 4.79 Å². The molecule has 0 spiro atoms. The van der Waals surface area contributed by atoms with Crippen LogP contribution in [0.25, 0.3) is 22.3 Å². The molecule has 8 N–H and O–H groups in total. The van der Waals surface area contributed by atoms with Crippen LogP contribution in [0.15, 0.2) is 33.5 Å². The Bertz CT molecular complexity index is 1320. The fourth-order valence-corrected chi connectivity index (χ4v) is 3.68. The summed E-state index contributed by atoms with van der Waals surface area (Å²) in [5.74, 6) is -3.98. The molecule has 0 unspecified atom stereocenters. The van der Waals surface area contributed by atoms with Crippen molar-refractivity contribution < 1.29 is 59.5 Å². The highest BCUT2D eigenvalue weighted by Gasteiger charge is 2.45. The summed E-state index contributed by atoms with van der Waals surface area (Å²) >= 11 is 0. The molecule has 2 heterocycles. The zero-order chi connectivity index (χ0) is 25.6. The van der Waals surface area contributed by atoms with E-state index in [1.807, 2.05) is 0 Å². The zero-order valence-electron chi connectivity index (χ0n) is 18.0. The molecular weight excluding hydrogens is 472 g/mol. The van der Waals surface area contributed by atoms with Crippen LogP contribution in [-0.2, 0) is 4.74 Å². The van der Waals surface area contributed by atoms with Crippen LogP contribution < -0.4 is 14.9 Å². The molecule has 0 saturated carbocycles. The molecule has 188 valence electrons. The van der Waals surface area contributed by atoms with Crippen LogP contribution in [0.3, 0.4) is 0 Å². The van der Waals surface area contributed by atoms with Gasteiger partial charge in [0.15, 0.2) is 28.8 Å². The van der Waals surface area contributed by atoms with Gasteiger partial charge in [0.05, 0.1) is 13.7 Å². The second kappa shape index (κ2) is 9.13. The van der Waals surface area contributed by atoms with Crippen LogP contribution >= 0.6 is 0 Å². The van der Waals surface area contributed by atoms with E-state index in [0.29, 0.717) is 0 Å². The molecule has 5 atom stereocenters. The number of hydrogen-bond acceptors (Lipinski definition) is 13. The van der Waals surface area contributed by atoms with Gasteiger partial charge in [-0.15, -0.1) is 0 Å². The summed E-state index contributed by atoms with van der Waals surface area (Å²) in [6.45, 7) is -0.760. The Kier molecular flexibility index (Phi) is 6.36. The van der Waals surface area contributed by atoms with Crippen LogP contribution in [-0.4, -0.2) is 85.3 Å². The molecular formula is C22H22O13. The van der Waals surface area contributed by atoms with Crippen LogP contribution in [0, 0.1) is 0 Å². The summed E-state index contributed by atoms with van der Waals surface area (Å²) in [7, 11) is 1.20. The van der Waals surface area contributed by atoms with E-state index in [9.17, 15) is 45.6 Å². The molecule has 1 saturated heterocycles. The van der Waals surface area contributed by atoms with E-state index >= 15 is 0 Å². The number of fused-ring (bicyclic) bond motifs is 1. The van der Waals surface area contributed by atoms with E-state index in [1.54, 1.807) is 0 Å². The number of aliphatic hydroxyl groups is 4. The summed E-state index contributed by atoms with van der Waals surface area (Å²) in [4.78, 5) is 13.4. The number of phenolic OH excluding ortho intramolecular Hbond substituents is 4. The molecule has 1 aromatic heterocycles. The molecule has 1 fully saturated rings. The van der Waals surface area contributed by atoms with Gasteiger partial charge >= 0.3 is 0 Å². The minimum atomic E-state index is -1.89. The molecule has 0 bridgehead atoms. The van der Waals surface area contributed by atoms with Crippen molar-refractivity contribution in [2.24, 2.45) is 0 Å². The van der Waals surface area contributed by atoms with E-state index in [2.05, 4.69) is 0 Å². The van der Waals surface area contributed by atoms with Crippen molar-refractivity contribution in [2.45, 2.75) is 30.7 Å². The average molecular weight is 494 g/mol. The minimum absolute atomic E-state index is 0.00502. The fourth-order valence-electron chi connectivity index (χ4n) is 3.68. The molecule has 3 aromatic rings. The second-order valence-corrected chi connectivity index (χ2v) is 7.76. The highest BCUT2D eigenvalue weighted by Crippen LogP contribution is 2.44. The maximum atomic E-state index is 13.4. The molecule has 13 heteroatoms. The lowest BCUT2D eigenvalue weighted by Gasteiger charge is -2.39. The van der Waals surface area contributed by atoms with Gasteiger partial charge in [-0.05, 0) is 18.2 Å². The number of ether oxygens (including phenoxy) is 3. The first-order valence-electron chi connectivity index (χ1n) is 10.2. The lowest BCUT2D eigenvalue weighted by atomic mass is 9.99. The largest absolute Gasteiger partial charge is 0.504 e. The monoisotopic (exact) mass is 494 g/mol. The van der Waals surface area contributed by atoms with E-state index in [4.69, 9.17) is 18.6 Å². The van der Waals surface area contributed by atoms with Gasteiger partial charge < -0.3 is 59.5 Å². The maximum absolute atomic E-state index is 13.4. The Morgan fingerprint density at radius 3 is 2.29 bits per heavy atom. The number of hydrogen-bond donors (Lipinski definition) is 8. The number of aromatic hydroxyl groups is 4. The van der Waals surface area contributed by atoms with E-state index in [1.165, 1.54) is 13.2 Å². The molecule has 13 nitrogen and oxygen atoms in total. The van der Waals surface area contributed by atoms with E-state index in [-0.39, 0.29) is 22.7 Å². The highest BCUT2D eigenvalue weighted by molar-refractivity contribution is 5.91. The van der Waals surface area contributed by atoms with Crippen molar-refractivity contribution in [1.82, 2.24) is 0 Å². The summed E-state index contributed by atoms with van der Waals surface area (Å²) in [5.41, 5.74) is -1.31. The van der Waals surface area contributed by atoms with Crippen LogP contribution in [0.4, 0.5) is 0 Å². The Morgan fingerprint density at radius 2 is 1.66 bits per heavy atom. The Morgan fingerprint density at radius 1 is 0.943 bits per heavy atom. The smallest absolute Gasteiger partial charge is 0.239 e. The van der Waals surface area contributed by atoms with Crippen molar-refractivity contribution in [3.63, 3.8) is 0 Å². The normalized spacial score (nSPS) is 24.4. The first kappa shape index (κ1) is 24.4. The molecule has 4 rings (SSSR count). The van der Waals surface area contributed by atoms with Gasteiger partial charge in [-0.25, -0.2) is 0 Å². The standard InChI is InChI=1S/C22H22O13/c1-32-11-5-10-13(16(28)14(11)26)17(29)21(20(33-10)7-2-3-8(24)9(25)4-7)35-22-19(31)18(30)15(27)12(6-23)34-22/h2-5,12,15,18-19,22-28,30-31H,6H2,1H3/t12-,15-,18+,19-,22+/m1/s1.